The number of carbonyl (C=O) groups is 1. The number of likely N-dealkylation sites (tertiary alicyclic amines) is 1. The second-order valence-electron chi connectivity index (χ2n) is 7.41. The molecule has 2 heterocycles. The largest absolute Gasteiger partial charge is 0.488 e. The number of benzene rings is 1. The van der Waals surface area contributed by atoms with Gasteiger partial charge in [0, 0.05) is 38.2 Å². The van der Waals surface area contributed by atoms with Crippen molar-refractivity contribution in [1.82, 2.24) is 9.47 Å². The molecule has 0 saturated carbocycles. The highest BCUT2D eigenvalue weighted by Crippen LogP contribution is 2.35. The Kier molecular flexibility index (Phi) is 6.45. The van der Waals surface area contributed by atoms with Gasteiger partial charge in [0.2, 0.25) is 5.91 Å². The van der Waals surface area contributed by atoms with Crippen LogP contribution in [-0.4, -0.2) is 34.6 Å². The topological polar surface area (TPSA) is 51.5 Å². The van der Waals surface area contributed by atoms with Crippen LogP contribution in [0.25, 0.3) is 0 Å². The predicted octanol–water partition coefficient (Wildman–Crippen LogP) is 3.98. The van der Waals surface area contributed by atoms with Gasteiger partial charge in [0.15, 0.2) is 0 Å². The first kappa shape index (κ1) is 22.2. The highest BCUT2D eigenvalue weighted by atomic mass is 35.5. The van der Waals surface area contributed by atoms with Crippen LogP contribution in [-0.2, 0) is 24.4 Å². The number of pyridine rings is 1. The third kappa shape index (κ3) is 5.16. The number of hydrogen-bond acceptors (Lipinski definition) is 3. The van der Waals surface area contributed by atoms with E-state index in [-0.39, 0.29) is 35.4 Å². The minimum Gasteiger partial charge on any atom is -0.488 e. The van der Waals surface area contributed by atoms with E-state index in [0.717, 1.165) is 11.8 Å². The zero-order chi connectivity index (χ0) is 22.1. The quantitative estimate of drug-likeness (QED) is 0.704. The summed E-state index contributed by atoms with van der Waals surface area (Å²) in [6.07, 6.45) is -3.86. The third-order valence-electron chi connectivity index (χ3n) is 5.24. The van der Waals surface area contributed by atoms with Gasteiger partial charge < -0.3 is 14.2 Å². The van der Waals surface area contributed by atoms with Crippen LogP contribution >= 0.6 is 11.6 Å². The molecule has 0 N–H and O–H groups in total. The molecule has 3 rings (SSSR count). The van der Waals surface area contributed by atoms with Crippen molar-refractivity contribution in [2.24, 2.45) is 7.05 Å². The monoisotopic (exact) mass is 442 g/mol. The molecule has 1 atom stereocenters. The Morgan fingerprint density at radius 1 is 1.27 bits per heavy atom. The van der Waals surface area contributed by atoms with Crippen molar-refractivity contribution in [2.75, 3.05) is 13.1 Å². The minimum absolute atomic E-state index is 0.0939. The molecular formula is C21H22ClF3N2O3. The number of hydrogen-bond donors (Lipinski definition) is 0. The smallest absolute Gasteiger partial charge is 0.417 e. The lowest BCUT2D eigenvalue weighted by Crippen LogP contribution is -2.31. The second-order valence-corrected chi connectivity index (χ2v) is 7.82. The van der Waals surface area contributed by atoms with Gasteiger partial charge in [0.1, 0.15) is 11.9 Å². The van der Waals surface area contributed by atoms with Crippen molar-refractivity contribution in [2.45, 2.75) is 38.5 Å². The van der Waals surface area contributed by atoms with Crippen LogP contribution in [0.5, 0.6) is 5.75 Å². The molecule has 1 fully saturated rings. The third-order valence-corrected chi connectivity index (χ3v) is 5.57. The maximum absolute atomic E-state index is 13.0. The summed E-state index contributed by atoms with van der Waals surface area (Å²) in [6.45, 7) is 2.68. The zero-order valence-corrected chi connectivity index (χ0v) is 17.4. The van der Waals surface area contributed by atoms with Gasteiger partial charge in [-0.3, -0.25) is 9.59 Å². The molecular weight excluding hydrogens is 421 g/mol. The SMILES string of the molecule is Cc1cc(OC2CCN(C(=O)CCc3ccc(Cl)c(C(F)(F)F)c3)C2)cc(=O)n1C. The molecule has 1 aromatic heterocycles. The summed E-state index contributed by atoms with van der Waals surface area (Å²) in [5, 5.41) is -0.358. The van der Waals surface area contributed by atoms with E-state index in [1.165, 1.54) is 22.8 Å². The van der Waals surface area contributed by atoms with Crippen LogP contribution in [0.4, 0.5) is 13.2 Å². The van der Waals surface area contributed by atoms with Crippen LogP contribution in [0.2, 0.25) is 5.02 Å². The van der Waals surface area contributed by atoms with E-state index in [0.29, 0.717) is 30.8 Å². The van der Waals surface area contributed by atoms with Crippen molar-refractivity contribution < 1.29 is 22.7 Å². The Morgan fingerprint density at radius 2 is 2.00 bits per heavy atom. The van der Waals surface area contributed by atoms with Crippen LogP contribution in [0.1, 0.15) is 29.7 Å². The van der Waals surface area contributed by atoms with Crippen molar-refractivity contribution >= 4 is 17.5 Å². The number of aromatic nitrogens is 1. The summed E-state index contributed by atoms with van der Waals surface area (Å²) in [6, 6.07) is 6.87. The molecule has 30 heavy (non-hydrogen) atoms. The molecule has 0 aliphatic carbocycles. The highest BCUT2D eigenvalue weighted by Gasteiger charge is 2.33. The Labute approximate surface area is 177 Å². The number of halogens is 4. The van der Waals surface area contributed by atoms with Gasteiger partial charge >= 0.3 is 6.18 Å². The number of rotatable bonds is 5. The first-order valence-corrected chi connectivity index (χ1v) is 9.90. The van der Waals surface area contributed by atoms with Crippen molar-refractivity contribution in [3.05, 3.63) is 62.5 Å². The molecule has 1 aromatic carbocycles. The molecule has 162 valence electrons. The summed E-state index contributed by atoms with van der Waals surface area (Å²) >= 11 is 5.63. The summed E-state index contributed by atoms with van der Waals surface area (Å²) in [5.41, 5.74) is 0.109. The minimum atomic E-state index is -4.53. The van der Waals surface area contributed by atoms with Gasteiger partial charge in [-0.05, 0) is 37.1 Å². The summed E-state index contributed by atoms with van der Waals surface area (Å²) < 4.78 is 46.3. The van der Waals surface area contributed by atoms with E-state index in [2.05, 4.69) is 0 Å². The standard InChI is InChI=1S/C21H22ClF3N2O3/c1-13-9-16(11-20(29)26(13)2)30-15-7-8-27(12-15)19(28)6-4-14-3-5-18(22)17(10-14)21(23,24)25/h3,5,9-11,15H,4,6-8,12H2,1-2H3. The average Bonchev–Trinajstić information content (AvgIpc) is 3.12. The molecule has 0 spiro atoms. The predicted molar refractivity (Wildman–Crippen MR) is 107 cm³/mol. The van der Waals surface area contributed by atoms with E-state index in [4.69, 9.17) is 16.3 Å². The lowest BCUT2D eigenvalue weighted by Gasteiger charge is -2.18. The van der Waals surface area contributed by atoms with Gasteiger partial charge in [-0.2, -0.15) is 13.2 Å². The number of alkyl halides is 3. The normalized spacial score (nSPS) is 16.7. The summed E-state index contributed by atoms with van der Waals surface area (Å²) in [5.74, 6) is 0.320. The number of amides is 1. The van der Waals surface area contributed by atoms with Crippen LogP contribution in [0.3, 0.4) is 0 Å². The summed E-state index contributed by atoms with van der Waals surface area (Å²) in [7, 11) is 1.68. The van der Waals surface area contributed by atoms with Crippen LogP contribution < -0.4 is 10.3 Å². The van der Waals surface area contributed by atoms with E-state index in [1.54, 1.807) is 24.9 Å². The van der Waals surface area contributed by atoms with Crippen molar-refractivity contribution in [3.63, 3.8) is 0 Å². The molecule has 9 heteroatoms. The maximum Gasteiger partial charge on any atom is 0.417 e. The van der Waals surface area contributed by atoms with Gasteiger partial charge in [0.05, 0.1) is 17.1 Å². The molecule has 0 bridgehead atoms. The maximum atomic E-state index is 13.0. The fraction of sp³-hybridized carbons (Fsp3) is 0.429. The summed E-state index contributed by atoms with van der Waals surface area (Å²) in [4.78, 5) is 26.0. The lowest BCUT2D eigenvalue weighted by atomic mass is 10.1. The fourth-order valence-corrected chi connectivity index (χ4v) is 3.63. The van der Waals surface area contributed by atoms with E-state index >= 15 is 0 Å². The Balaban J connectivity index is 1.56. The lowest BCUT2D eigenvalue weighted by molar-refractivity contribution is -0.137. The van der Waals surface area contributed by atoms with Crippen molar-refractivity contribution in [1.29, 1.82) is 0 Å². The van der Waals surface area contributed by atoms with Crippen LogP contribution in [0.15, 0.2) is 35.1 Å². The van der Waals surface area contributed by atoms with Gasteiger partial charge in [-0.25, -0.2) is 0 Å². The van der Waals surface area contributed by atoms with Gasteiger partial charge in [0.25, 0.3) is 5.56 Å². The molecule has 1 unspecified atom stereocenters. The molecule has 1 aliphatic rings. The van der Waals surface area contributed by atoms with E-state index in [1.807, 2.05) is 0 Å². The number of nitrogens with zero attached hydrogens (tertiary/aromatic N) is 2. The van der Waals surface area contributed by atoms with Crippen LogP contribution in [0, 0.1) is 6.92 Å². The molecule has 5 nitrogen and oxygen atoms in total. The molecule has 1 saturated heterocycles. The number of carbonyl (C=O) groups excluding carboxylic acids is 1. The van der Waals surface area contributed by atoms with Gasteiger partial charge in [-0.1, -0.05) is 17.7 Å². The Bertz CT molecular complexity index is 1000. The van der Waals surface area contributed by atoms with Crippen molar-refractivity contribution in [3.8, 4) is 5.75 Å². The zero-order valence-electron chi connectivity index (χ0n) is 16.6. The molecule has 2 aromatic rings. The molecule has 0 radical (unpaired) electrons. The molecule has 1 amide bonds. The Morgan fingerprint density at radius 3 is 2.67 bits per heavy atom. The van der Waals surface area contributed by atoms with E-state index in [9.17, 15) is 22.8 Å². The average molecular weight is 443 g/mol. The first-order valence-electron chi connectivity index (χ1n) is 9.52. The van der Waals surface area contributed by atoms with E-state index < -0.39 is 11.7 Å². The number of aryl methyl sites for hydroxylation is 2. The Hall–Kier alpha value is -2.48. The first-order chi connectivity index (χ1) is 14.0. The highest BCUT2D eigenvalue weighted by molar-refractivity contribution is 6.31. The molecule has 1 aliphatic heterocycles. The fourth-order valence-electron chi connectivity index (χ4n) is 3.40. The van der Waals surface area contributed by atoms with Gasteiger partial charge in [-0.15, -0.1) is 0 Å². The number of ether oxygens (including phenoxy) is 1. The second kappa shape index (κ2) is 8.71.